The first-order chi connectivity index (χ1) is 23.3. The van der Waals surface area contributed by atoms with E-state index >= 15 is 0 Å². The minimum Gasteiger partial charge on any atom is -0.296 e. The third kappa shape index (κ3) is 4.75. The van der Waals surface area contributed by atoms with Crippen LogP contribution in [-0.4, -0.2) is 19.4 Å². The molecule has 0 unspecified atom stereocenters. The standard InChI is InChI=1S/C43H28N4/c1-3-11-29(12-4-1)34-26-39(31-14-5-2-6-15-31)45-40(27-34)37-21-22-38(36-18-10-9-17-35(36)37)42-43(47-24-23-44-28-41(47)46-42)33-20-19-30-13-7-8-16-32(30)25-33/h1-28H. The van der Waals surface area contributed by atoms with Gasteiger partial charge in [-0.1, -0.05) is 133 Å². The maximum absolute atomic E-state index is 5.25. The molecule has 0 amide bonds. The number of hydrogen-bond donors (Lipinski definition) is 0. The van der Waals surface area contributed by atoms with Crippen molar-refractivity contribution in [3.05, 3.63) is 170 Å². The van der Waals surface area contributed by atoms with Crippen molar-refractivity contribution in [2.45, 2.75) is 0 Å². The van der Waals surface area contributed by atoms with E-state index in [0.717, 1.165) is 72.6 Å². The molecule has 0 saturated carbocycles. The van der Waals surface area contributed by atoms with Gasteiger partial charge in [0, 0.05) is 34.6 Å². The van der Waals surface area contributed by atoms with E-state index in [9.17, 15) is 0 Å². The van der Waals surface area contributed by atoms with E-state index in [4.69, 9.17) is 9.97 Å². The molecule has 3 aromatic heterocycles. The smallest absolute Gasteiger partial charge is 0.156 e. The van der Waals surface area contributed by atoms with Crippen LogP contribution < -0.4 is 0 Å². The molecule has 0 radical (unpaired) electrons. The predicted octanol–water partition coefficient (Wildman–Crippen LogP) is 10.8. The molecule has 0 atom stereocenters. The van der Waals surface area contributed by atoms with Crippen LogP contribution in [0, 0.1) is 0 Å². The molecule has 9 aromatic rings. The van der Waals surface area contributed by atoms with Crippen LogP contribution in [0.3, 0.4) is 0 Å². The lowest BCUT2D eigenvalue weighted by Gasteiger charge is -2.14. The van der Waals surface area contributed by atoms with Crippen LogP contribution in [0.1, 0.15) is 0 Å². The zero-order chi connectivity index (χ0) is 31.2. The Morgan fingerprint density at radius 3 is 1.91 bits per heavy atom. The monoisotopic (exact) mass is 600 g/mol. The summed E-state index contributed by atoms with van der Waals surface area (Å²) in [5.41, 5.74) is 11.3. The van der Waals surface area contributed by atoms with Gasteiger partial charge in [0.05, 0.1) is 29.0 Å². The van der Waals surface area contributed by atoms with E-state index in [1.165, 1.54) is 10.8 Å². The molecule has 0 bridgehead atoms. The van der Waals surface area contributed by atoms with Crippen molar-refractivity contribution in [1.82, 2.24) is 19.4 Å². The summed E-state index contributed by atoms with van der Waals surface area (Å²) in [6.07, 6.45) is 5.64. The first-order valence-electron chi connectivity index (χ1n) is 15.8. The first-order valence-corrected chi connectivity index (χ1v) is 15.8. The van der Waals surface area contributed by atoms with Gasteiger partial charge in [-0.25, -0.2) is 9.97 Å². The maximum atomic E-state index is 5.25. The Kier molecular flexibility index (Phi) is 6.43. The van der Waals surface area contributed by atoms with Crippen LogP contribution in [0.2, 0.25) is 0 Å². The van der Waals surface area contributed by atoms with Gasteiger partial charge < -0.3 is 0 Å². The molecular weight excluding hydrogens is 573 g/mol. The van der Waals surface area contributed by atoms with E-state index < -0.39 is 0 Å². The Morgan fingerprint density at radius 2 is 1.11 bits per heavy atom. The quantitative estimate of drug-likeness (QED) is 0.197. The van der Waals surface area contributed by atoms with E-state index in [1.807, 2.05) is 24.7 Å². The summed E-state index contributed by atoms with van der Waals surface area (Å²) >= 11 is 0. The molecule has 9 rings (SSSR count). The van der Waals surface area contributed by atoms with E-state index in [2.05, 4.69) is 155 Å². The molecule has 220 valence electrons. The Hall–Kier alpha value is -6.39. The average Bonchev–Trinajstić information content (AvgIpc) is 3.54. The maximum Gasteiger partial charge on any atom is 0.156 e. The van der Waals surface area contributed by atoms with E-state index in [1.54, 1.807) is 0 Å². The fourth-order valence-corrected chi connectivity index (χ4v) is 6.66. The summed E-state index contributed by atoms with van der Waals surface area (Å²) in [6.45, 7) is 0. The topological polar surface area (TPSA) is 43.1 Å². The van der Waals surface area contributed by atoms with Gasteiger partial charge in [-0.2, -0.15) is 0 Å². The molecule has 0 fully saturated rings. The summed E-state index contributed by atoms with van der Waals surface area (Å²) in [5, 5.41) is 4.65. The van der Waals surface area contributed by atoms with Crippen molar-refractivity contribution < 1.29 is 0 Å². The Bertz CT molecular complexity index is 2510. The van der Waals surface area contributed by atoms with Crippen molar-refractivity contribution in [3.63, 3.8) is 0 Å². The fraction of sp³-hybridized carbons (Fsp3) is 0. The lowest BCUT2D eigenvalue weighted by molar-refractivity contribution is 1.13. The SMILES string of the molecule is c1ccc(-c2cc(-c3ccccc3)nc(-c3ccc(-c4nc5cnccn5c4-c4ccc5ccccc5c4)c4ccccc34)c2)cc1. The summed E-state index contributed by atoms with van der Waals surface area (Å²) in [7, 11) is 0. The van der Waals surface area contributed by atoms with Crippen molar-refractivity contribution in [3.8, 4) is 56.2 Å². The van der Waals surface area contributed by atoms with Gasteiger partial charge in [0.2, 0.25) is 0 Å². The third-order valence-corrected chi connectivity index (χ3v) is 8.91. The van der Waals surface area contributed by atoms with E-state index in [-0.39, 0.29) is 0 Å². The lowest BCUT2D eigenvalue weighted by atomic mass is 9.93. The second-order valence-electron chi connectivity index (χ2n) is 11.7. The van der Waals surface area contributed by atoms with E-state index in [0.29, 0.717) is 0 Å². The fourth-order valence-electron chi connectivity index (χ4n) is 6.66. The highest BCUT2D eigenvalue weighted by Gasteiger charge is 2.20. The molecule has 0 aliphatic rings. The zero-order valence-electron chi connectivity index (χ0n) is 25.5. The molecule has 0 N–H and O–H groups in total. The first kappa shape index (κ1) is 27.0. The van der Waals surface area contributed by atoms with Crippen molar-refractivity contribution in [2.24, 2.45) is 0 Å². The van der Waals surface area contributed by atoms with Crippen LogP contribution in [0.25, 0.3) is 83.3 Å². The minimum absolute atomic E-state index is 0.809. The Labute approximate surface area is 272 Å². The highest BCUT2D eigenvalue weighted by Crippen LogP contribution is 2.41. The largest absolute Gasteiger partial charge is 0.296 e. The number of benzene rings is 6. The zero-order valence-corrected chi connectivity index (χ0v) is 25.5. The second-order valence-corrected chi connectivity index (χ2v) is 11.7. The van der Waals surface area contributed by atoms with Crippen molar-refractivity contribution in [2.75, 3.05) is 0 Å². The van der Waals surface area contributed by atoms with Crippen molar-refractivity contribution >= 4 is 27.2 Å². The summed E-state index contributed by atoms with van der Waals surface area (Å²) in [4.78, 5) is 14.8. The number of imidazole rings is 1. The Morgan fingerprint density at radius 1 is 0.447 bits per heavy atom. The molecule has 3 heterocycles. The van der Waals surface area contributed by atoms with Gasteiger partial charge in [-0.05, 0) is 50.9 Å². The number of fused-ring (bicyclic) bond motifs is 3. The molecule has 0 saturated heterocycles. The van der Waals surface area contributed by atoms with Gasteiger partial charge in [0.15, 0.2) is 5.65 Å². The third-order valence-electron chi connectivity index (χ3n) is 8.91. The molecule has 6 aromatic carbocycles. The Balaban J connectivity index is 1.27. The predicted molar refractivity (Wildman–Crippen MR) is 193 cm³/mol. The number of hydrogen-bond acceptors (Lipinski definition) is 3. The number of aromatic nitrogens is 4. The number of rotatable bonds is 5. The normalized spacial score (nSPS) is 11.4. The van der Waals surface area contributed by atoms with Crippen molar-refractivity contribution in [1.29, 1.82) is 0 Å². The highest BCUT2D eigenvalue weighted by molar-refractivity contribution is 6.06. The van der Waals surface area contributed by atoms with Gasteiger partial charge >= 0.3 is 0 Å². The van der Waals surface area contributed by atoms with Gasteiger partial charge in [-0.3, -0.25) is 9.38 Å². The minimum atomic E-state index is 0.809. The highest BCUT2D eigenvalue weighted by atomic mass is 15.0. The molecule has 4 heteroatoms. The number of pyridine rings is 1. The number of nitrogens with zero attached hydrogens (tertiary/aromatic N) is 4. The van der Waals surface area contributed by atoms with Crippen LogP contribution in [0.4, 0.5) is 0 Å². The molecule has 0 aliphatic carbocycles. The lowest BCUT2D eigenvalue weighted by Crippen LogP contribution is -1.94. The van der Waals surface area contributed by atoms with Crippen LogP contribution >= 0.6 is 0 Å². The molecule has 4 nitrogen and oxygen atoms in total. The second kappa shape index (κ2) is 11.2. The average molecular weight is 601 g/mol. The van der Waals surface area contributed by atoms with Gasteiger partial charge in [0.1, 0.15) is 0 Å². The van der Waals surface area contributed by atoms with Gasteiger partial charge in [-0.15, -0.1) is 0 Å². The van der Waals surface area contributed by atoms with Crippen LogP contribution in [0.15, 0.2) is 170 Å². The summed E-state index contributed by atoms with van der Waals surface area (Å²) < 4.78 is 2.14. The van der Waals surface area contributed by atoms with Crippen LogP contribution in [-0.2, 0) is 0 Å². The molecule has 0 spiro atoms. The van der Waals surface area contributed by atoms with Crippen LogP contribution in [0.5, 0.6) is 0 Å². The van der Waals surface area contributed by atoms with Gasteiger partial charge in [0.25, 0.3) is 0 Å². The molecule has 47 heavy (non-hydrogen) atoms. The molecular formula is C43H28N4. The summed E-state index contributed by atoms with van der Waals surface area (Å²) in [6, 6.07) is 53.4. The molecule has 0 aliphatic heterocycles. The summed E-state index contributed by atoms with van der Waals surface area (Å²) in [5.74, 6) is 0.